The van der Waals surface area contributed by atoms with Gasteiger partial charge in [0, 0.05) is 37.1 Å². The highest BCUT2D eigenvalue weighted by atomic mass is 32.2. The summed E-state index contributed by atoms with van der Waals surface area (Å²) in [6.45, 7) is 4.65. The molecule has 3 aromatic rings. The Hall–Kier alpha value is -3.50. The zero-order valence-corrected chi connectivity index (χ0v) is 26.6. The van der Waals surface area contributed by atoms with E-state index >= 15 is 0 Å². The average molecular weight is 629 g/mol. The van der Waals surface area contributed by atoms with Gasteiger partial charge in [-0.2, -0.15) is 8.42 Å². The number of fused-ring (bicyclic) bond motifs is 1. The first-order chi connectivity index (χ1) is 21.8. The third-order valence-electron chi connectivity index (χ3n) is 10.5. The molecule has 3 aliphatic heterocycles. The van der Waals surface area contributed by atoms with E-state index in [2.05, 4.69) is 52.7 Å². The average Bonchev–Trinajstić information content (AvgIpc) is 3.61. The SMILES string of the molecule is COC(=O)C1=C2Nc3ccccc3[C@]23CCN(Cc2ccccc2)[C@@H]3[C@@H]([C@@H]2COCC[C@@H]2COS(=O)(=O)c2ccc(C)cc2)C1. The summed E-state index contributed by atoms with van der Waals surface area (Å²) in [6, 6.07) is 25.7. The second-order valence-electron chi connectivity index (χ2n) is 12.8. The van der Waals surface area contributed by atoms with Crippen molar-refractivity contribution in [2.45, 2.75) is 49.1 Å². The predicted octanol–water partition coefficient (Wildman–Crippen LogP) is 5.44. The molecule has 7 rings (SSSR count). The molecule has 1 N–H and O–H groups in total. The molecule has 4 aliphatic rings. The van der Waals surface area contributed by atoms with E-state index in [1.807, 2.05) is 19.1 Å². The molecule has 0 amide bonds. The monoisotopic (exact) mass is 628 g/mol. The van der Waals surface area contributed by atoms with Gasteiger partial charge in [0.15, 0.2) is 0 Å². The molecule has 236 valence electrons. The molecule has 8 nitrogen and oxygen atoms in total. The van der Waals surface area contributed by atoms with E-state index in [-0.39, 0.29) is 41.3 Å². The van der Waals surface area contributed by atoms with E-state index in [4.69, 9.17) is 13.7 Å². The van der Waals surface area contributed by atoms with Gasteiger partial charge in [-0.15, -0.1) is 0 Å². The highest BCUT2D eigenvalue weighted by molar-refractivity contribution is 7.86. The Balaban J connectivity index is 1.28. The standard InChI is InChI=1S/C36H40N2O6S/c1-24-12-14-27(15-13-24)45(40,41)44-22-26-16-19-43-23-30(26)28-20-29(35(39)42-2)33-36(31-10-6-7-11-32(31)37-33)17-18-38(34(28)36)21-25-8-4-3-5-9-25/h3-15,26,28,30,34,37H,16-23H2,1-2H3/t26-,28-,30-,34-,36-/m1/s1. The Bertz CT molecular complexity index is 1710. The Morgan fingerprint density at radius 2 is 1.78 bits per heavy atom. The van der Waals surface area contributed by atoms with Gasteiger partial charge in [-0.25, -0.2) is 4.79 Å². The van der Waals surface area contributed by atoms with Crippen LogP contribution in [0.5, 0.6) is 0 Å². The van der Waals surface area contributed by atoms with E-state index in [9.17, 15) is 13.2 Å². The van der Waals surface area contributed by atoms with Crippen LogP contribution in [0.4, 0.5) is 5.69 Å². The number of carbonyl (C=O) groups excluding carboxylic acids is 1. The maximum atomic E-state index is 13.5. The van der Waals surface area contributed by atoms with Crippen LogP contribution < -0.4 is 5.32 Å². The smallest absolute Gasteiger partial charge is 0.335 e. The molecule has 5 atom stereocenters. The lowest BCUT2D eigenvalue weighted by Crippen LogP contribution is -2.55. The van der Waals surface area contributed by atoms with Gasteiger partial charge in [0.05, 0.1) is 36.2 Å². The van der Waals surface area contributed by atoms with Crippen LogP contribution in [0.2, 0.25) is 0 Å². The summed E-state index contributed by atoms with van der Waals surface area (Å²) < 4.78 is 43.8. The normalized spacial score (nSPS) is 27.8. The molecule has 3 heterocycles. The molecule has 2 saturated heterocycles. The summed E-state index contributed by atoms with van der Waals surface area (Å²) in [6.07, 6.45) is 2.05. The highest BCUT2D eigenvalue weighted by Crippen LogP contribution is 2.61. The largest absolute Gasteiger partial charge is 0.466 e. The van der Waals surface area contributed by atoms with E-state index < -0.39 is 15.5 Å². The van der Waals surface area contributed by atoms with Crippen LogP contribution in [0.25, 0.3) is 0 Å². The maximum Gasteiger partial charge on any atom is 0.335 e. The minimum atomic E-state index is -3.93. The number of anilines is 1. The fourth-order valence-electron chi connectivity index (χ4n) is 8.40. The number of carbonyl (C=O) groups is 1. The summed E-state index contributed by atoms with van der Waals surface area (Å²) in [5, 5.41) is 3.67. The van der Waals surface area contributed by atoms with Gasteiger partial charge < -0.3 is 14.8 Å². The lowest BCUT2D eigenvalue weighted by molar-refractivity contribution is -0.137. The molecular formula is C36H40N2O6S. The van der Waals surface area contributed by atoms with Crippen molar-refractivity contribution in [2.75, 3.05) is 38.8 Å². The van der Waals surface area contributed by atoms with E-state index in [0.717, 1.165) is 36.5 Å². The van der Waals surface area contributed by atoms with Gasteiger partial charge in [0.1, 0.15) is 0 Å². The van der Waals surface area contributed by atoms with Gasteiger partial charge in [-0.05, 0) is 73.3 Å². The molecule has 45 heavy (non-hydrogen) atoms. The highest BCUT2D eigenvalue weighted by Gasteiger charge is 2.62. The van der Waals surface area contributed by atoms with Gasteiger partial charge in [-0.3, -0.25) is 9.08 Å². The lowest BCUT2D eigenvalue weighted by atomic mass is 9.59. The van der Waals surface area contributed by atoms with Crippen LogP contribution in [0.1, 0.15) is 36.0 Å². The van der Waals surface area contributed by atoms with Crippen LogP contribution in [-0.4, -0.2) is 58.8 Å². The molecule has 1 spiro atoms. The van der Waals surface area contributed by atoms with Crippen LogP contribution in [0, 0.1) is 24.7 Å². The van der Waals surface area contributed by atoms with Crippen molar-refractivity contribution in [3.8, 4) is 0 Å². The number of esters is 1. The second-order valence-corrected chi connectivity index (χ2v) is 14.5. The Kier molecular flexibility index (Phi) is 8.06. The van der Waals surface area contributed by atoms with Crippen molar-refractivity contribution in [2.24, 2.45) is 17.8 Å². The first-order valence-electron chi connectivity index (χ1n) is 15.8. The Labute approximate surface area is 265 Å². The van der Waals surface area contributed by atoms with Crippen LogP contribution in [0.15, 0.2) is 95.0 Å². The number of para-hydroxylation sites is 1. The second kappa shape index (κ2) is 12.0. The van der Waals surface area contributed by atoms with Crippen molar-refractivity contribution >= 4 is 21.8 Å². The van der Waals surface area contributed by atoms with E-state index in [1.165, 1.54) is 18.2 Å². The quantitative estimate of drug-likeness (QED) is 0.261. The molecule has 0 bridgehead atoms. The molecule has 3 aromatic carbocycles. The fourth-order valence-corrected chi connectivity index (χ4v) is 9.36. The maximum absolute atomic E-state index is 13.5. The van der Waals surface area contributed by atoms with Crippen molar-refractivity contribution in [3.05, 3.63) is 107 Å². The number of rotatable bonds is 8. The lowest BCUT2D eigenvalue weighted by Gasteiger charge is -2.50. The first-order valence-corrected chi connectivity index (χ1v) is 17.2. The van der Waals surface area contributed by atoms with E-state index in [0.29, 0.717) is 31.6 Å². The minimum Gasteiger partial charge on any atom is -0.466 e. The van der Waals surface area contributed by atoms with Gasteiger partial charge in [0.25, 0.3) is 10.1 Å². The van der Waals surface area contributed by atoms with Crippen LogP contribution >= 0.6 is 0 Å². The summed E-state index contributed by atoms with van der Waals surface area (Å²) >= 11 is 0. The number of nitrogens with zero attached hydrogens (tertiary/aromatic N) is 1. The zero-order valence-electron chi connectivity index (χ0n) is 25.8. The summed E-state index contributed by atoms with van der Waals surface area (Å²) in [5.41, 5.74) is 5.67. The summed E-state index contributed by atoms with van der Waals surface area (Å²) in [5.74, 6) is -0.413. The first kappa shape index (κ1) is 30.2. The third kappa shape index (κ3) is 5.29. The molecule has 0 saturated carbocycles. The topological polar surface area (TPSA) is 94.2 Å². The molecular weight excluding hydrogens is 588 g/mol. The van der Waals surface area contributed by atoms with E-state index in [1.54, 1.807) is 24.3 Å². The molecule has 9 heteroatoms. The minimum absolute atomic E-state index is 0.00185. The third-order valence-corrected chi connectivity index (χ3v) is 11.8. The Morgan fingerprint density at radius 1 is 1.02 bits per heavy atom. The van der Waals surface area contributed by atoms with Gasteiger partial charge >= 0.3 is 5.97 Å². The van der Waals surface area contributed by atoms with Crippen molar-refractivity contribution < 1.29 is 26.9 Å². The zero-order chi connectivity index (χ0) is 31.2. The molecule has 0 radical (unpaired) electrons. The molecule has 0 unspecified atom stereocenters. The number of hydrogen-bond donors (Lipinski definition) is 1. The molecule has 1 aliphatic carbocycles. The number of aryl methyl sites for hydroxylation is 1. The molecule has 0 aromatic heterocycles. The van der Waals surface area contributed by atoms with Crippen molar-refractivity contribution in [1.29, 1.82) is 0 Å². The Morgan fingerprint density at radius 3 is 2.56 bits per heavy atom. The predicted molar refractivity (Wildman–Crippen MR) is 171 cm³/mol. The van der Waals surface area contributed by atoms with Crippen LogP contribution in [-0.2, 0) is 40.5 Å². The van der Waals surface area contributed by atoms with Crippen LogP contribution in [0.3, 0.4) is 0 Å². The number of nitrogens with one attached hydrogen (secondary N) is 1. The fraction of sp³-hybridized carbons (Fsp3) is 0.417. The van der Waals surface area contributed by atoms with Crippen molar-refractivity contribution in [3.63, 3.8) is 0 Å². The summed E-state index contributed by atoms with van der Waals surface area (Å²) in [4.78, 5) is 16.2. The molecule has 2 fully saturated rings. The van der Waals surface area contributed by atoms with Crippen molar-refractivity contribution in [1.82, 2.24) is 4.90 Å². The summed E-state index contributed by atoms with van der Waals surface area (Å²) in [7, 11) is -2.48. The number of likely N-dealkylation sites (tertiary alicyclic amines) is 1. The number of benzene rings is 3. The number of methoxy groups -OCH3 is 1. The van der Waals surface area contributed by atoms with Gasteiger partial charge in [-0.1, -0.05) is 66.2 Å². The number of hydrogen-bond acceptors (Lipinski definition) is 8. The van der Waals surface area contributed by atoms with Gasteiger partial charge in [0.2, 0.25) is 0 Å². The number of ether oxygens (including phenoxy) is 2.